The van der Waals surface area contributed by atoms with Crippen LogP contribution in [0.3, 0.4) is 0 Å². The molecule has 7 heteroatoms. The van der Waals surface area contributed by atoms with Crippen molar-refractivity contribution in [2.24, 2.45) is 5.92 Å². The van der Waals surface area contributed by atoms with Crippen LogP contribution in [0.2, 0.25) is 0 Å². The van der Waals surface area contributed by atoms with Crippen molar-refractivity contribution in [2.75, 3.05) is 31.1 Å². The van der Waals surface area contributed by atoms with E-state index in [0.717, 1.165) is 43.3 Å². The van der Waals surface area contributed by atoms with E-state index in [9.17, 15) is 9.59 Å². The van der Waals surface area contributed by atoms with E-state index in [1.807, 2.05) is 47.5 Å². The van der Waals surface area contributed by atoms with Crippen molar-refractivity contribution in [1.29, 1.82) is 0 Å². The number of piperidine rings is 1. The van der Waals surface area contributed by atoms with Gasteiger partial charge in [-0.2, -0.15) is 0 Å². The van der Waals surface area contributed by atoms with Gasteiger partial charge in [0.05, 0.1) is 0 Å². The lowest BCUT2D eigenvalue weighted by Crippen LogP contribution is -2.43. The Labute approximate surface area is 181 Å². The van der Waals surface area contributed by atoms with Crippen molar-refractivity contribution in [2.45, 2.75) is 25.3 Å². The predicted molar refractivity (Wildman–Crippen MR) is 120 cm³/mol. The first-order valence-corrected chi connectivity index (χ1v) is 11.0. The van der Waals surface area contributed by atoms with Crippen molar-refractivity contribution in [3.63, 3.8) is 0 Å². The number of amides is 2. The largest absolute Gasteiger partial charge is 0.371 e. The molecule has 2 N–H and O–H groups in total. The molecule has 1 unspecified atom stereocenters. The van der Waals surface area contributed by atoms with Crippen LogP contribution in [-0.4, -0.2) is 58.9 Å². The molecule has 31 heavy (non-hydrogen) atoms. The van der Waals surface area contributed by atoms with Gasteiger partial charge in [0, 0.05) is 73.5 Å². The number of carbonyl (C=O) groups is 2. The fourth-order valence-electron chi connectivity index (χ4n) is 4.73. The molecule has 1 aromatic carbocycles. The number of likely N-dealkylation sites (tertiary alicyclic amines) is 1. The summed E-state index contributed by atoms with van der Waals surface area (Å²) in [4.78, 5) is 37.2. The minimum atomic E-state index is -0.0820. The molecule has 2 aliphatic rings. The molecule has 2 saturated heterocycles. The van der Waals surface area contributed by atoms with Crippen LogP contribution in [-0.2, 0) is 4.79 Å². The van der Waals surface area contributed by atoms with E-state index in [2.05, 4.69) is 20.2 Å². The van der Waals surface area contributed by atoms with Gasteiger partial charge in [-0.1, -0.05) is 6.07 Å². The lowest BCUT2D eigenvalue weighted by Gasteiger charge is -2.34. The number of aromatic amines is 1. The minimum absolute atomic E-state index is 0.00713. The van der Waals surface area contributed by atoms with Crippen LogP contribution in [0.4, 0.5) is 5.69 Å². The SMILES string of the molecule is O=C(NC1CCN(C(=O)C2CCN(c3ccncc3)CC2)C1)c1ccc2cc[nH]c2c1. The lowest BCUT2D eigenvalue weighted by atomic mass is 9.95. The van der Waals surface area contributed by atoms with Crippen molar-refractivity contribution in [3.05, 3.63) is 60.6 Å². The highest BCUT2D eigenvalue weighted by Gasteiger charge is 2.33. The number of hydrogen-bond acceptors (Lipinski definition) is 4. The van der Waals surface area contributed by atoms with Gasteiger partial charge in [0.15, 0.2) is 0 Å². The lowest BCUT2D eigenvalue weighted by molar-refractivity contribution is -0.135. The molecule has 3 aromatic rings. The van der Waals surface area contributed by atoms with Gasteiger partial charge in [0.25, 0.3) is 5.91 Å². The highest BCUT2D eigenvalue weighted by molar-refractivity contribution is 5.98. The van der Waals surface area contributed by atoms with Crippen molar-refractivity contribution in [1.82, 2.24) is 20.2 Å². The van der Waals surface area contributed by atoms with Gasteiger partial charge in [-0.3, -0.25) is 14.6 Å². The zero-order chi connectivity index (χ0) is 21.2. The third-order valence-electron chi connectivity index (χ3n) is 6.52. The average Bonchev–Trinajstić information content (AvgIpc) is 3.48. The molecule has 7 nitrogen and oxygen atoms in total. The predicted octanol–water partition coefficient (Wildman–Crippen LogP) is 2.81. The summed E-state index contributed by atoms with van der Waals surface area (Å²) >= 11 is 0. The zero-order valence-electron chi connectivity index (χ0n) is 17.5. The van der Waals surface area contributed by atoms with Crippen molar-refractivity contribution >= 4 is 28.4 Å². The number of anilines is 1. The number of carbonyl (C=O) groups excluding carboxylic acids is 2. The molecule has 0 bridgehead atoms. The molecule has 0 saturated carbocycles. The van der Waals surface area contributed by atoms with E-state index < -0.39 is 0 Å². The third-order valence-corrected chi connectivity index (χ3v) is 6.52. The van der Waals surface area contributed by atoms with E-state index in [0.29, 0.717) is 18.7 Å². The van der Waals surface area contributed by atoms with Crippen LogP contribution in [0.25, 0.3) is 10.9 Å². The van der Waals surface area contributed by atoms with E-state index in [-0.39, 0.29) is 23.8 Å². The number of aromatic nitrogens is 2. The zero-order valence-corrected chi connectivity index (χ0v) is 17.5. The standard InChI is InChI=1S/C24H27N5O2/c30-23(19-2-1-17-3-11-26-22(17)15-19)27-20-8-14-29(16-20)24(31)18-6-12-28(13-7-18)21-4-9-25-10-5-21/h1-5,9-11,15,18,20,26H,6-8,12-14,16H2,(H,27,30). The minimum Gasteiger partial charge on any atom is -0.371 e. The molecule has 2 aliphatic heterocycles. The normalized spacial score (nSPS) is 19.7. The number of fused-ring (bicyclic) bond motifs is 1. The fraction of sp³-hybridized carbons (Fsp3) is 0.375. The second kappa shape index (κ2) is 8.41. The molecular weight excluding hydrogens is 390 g/mol. The van der Waals surface area contributed by atoms with Gasteiger partial charge in [-0.05, 0) is 55.0 Å². The molecule has 1 atom stereocenters. The molecule has 0 spiro atoms. The van der Waals surface area contributed by atoms with Crippen LogP contribution < -0.4 is 10.2 Å². The Kier molecular flexibility index (Phi) is 5.32. The summed E-state index contributed by atoms with van der Waals surface area (Å²) in [7, 11) is 0. The molecule has 2 fully saturated rings. The van der Waals surface area contributed by atoms with Crippen molar-refractivity contribution < 1.29 is 9.59 Å². The van der Waals surface area contributed by atoms with E-state index in [1.165, 1.54) is 5.69 Å². The van der Waals surface area contributed by atoms with E-state index >= 15 is 0 Å². The fourth-order valence-corrected chi connectivity index (χ4v) is 4.73. The molecule has 4 heterocycles. The monoisotopic (exact) mass is 417 g/mol. The molecule has 5 rings (SSSR count). The number of benzene rings is 1. The Morgan fingerprint density at radius 1 is 1.00 bits per heavy atom. The number of rotatable bonds is 4. The van der Waals surface area contributed by atoms with Crippen LogP contribution in [0, 0.1) is 5.92 Å². The maximum atomic E-state index is 13.0. The Hall–Kier alpha value is -3.35. The quantitative estimate of drug-likeness (QED) is 0.684. The Balaban J connectivity index is 1.13. The van der Waals surface area contributed by atoms with Gasteiger partial charge in [0.2, 0.25) is 5.91 Å². The van der Waals surface area contributed by atoms with Crippen LogP contribution in [0.15, 0.2) is 55.0 Å². The summed E-state index contributed by atoms with van der Waals surface area (Å²) in [6.07, 6.45) is 8.02. The smallest absolute Gasteiger partial charge is 0.251 e. The van der Waals surface area contributed by atoms with E-state index in [4.69, 9.17) is 0 Å². The van der Waals surface area contributed by atoms with E-state index in [1.54, 1.807) is 12.4 Å². The number of nitrogens with one attached hydrogen (secondary N) is 2. The highest BCUT2D eigenvalue weighted by Crippen LogP contribution is 2.25. The Bertz CT molecular complexity index is 1070. The summed E-state index contributed by atoms with van der Waals surface area (Å²) in [5.74, 6) is 0.225. The maximum Gasteiger partial charge on any atom is 0.251 e. The van der Waals surface area contributed by atoms with Gasteiger partial charge < -0.3 is 20.1 Å². The topological polar surface area (TPSA) is 81.3 Å². The van der Waals surface area contributed by atoms with Gasteiger partial charge in [-0.25, -0.2) is 0 Å². The average molecular weight is 418 g/mol. The molecule has 0 radical (unpaired) electrons. The molecule has 160 valence electrons. The Morgan fingerprint density at radius 3 is 2.61 bits per heavy atom. The number of nitrogens with zero attached hydrogens (tertiary/aromatic N) is 3. The number of H-pyrrole nitrogens is 1. The number of pyridine rings is 1. The van der Waals surface area contributed by atoms with Gasteiger partial charge in [0.1, 0.15) is 0 Å². The maximum absolute atomic E-state index is 13.0. The summed E-state index contributed by atoms with van der Waals surface area (Å²) < 4.78 is 0. The second-order valence-corrected chi connectivity index (χ2v) is 8.49. The van der Waals surface area contributed by atoms with Crippen LogP contribution in [0.1, 0.15) is 29.6 Å². The Morgan fingerprint density at radius 2 is 1.81 bits per heavy atom. The molecular formula is C24H27N5O2. The summed E-state index contributed by atoms with van der Waals surface area (Å²) in [5, 5.41) is 4.19. The summed E-state index contributed by atoms with van der Waals surface area (Å²) in [5.41, 5.74) is 2.76. The third kappa shape index (κ3) is 4.13. The summed E-state index contributed by atoms with van der Waals surface area (Å²) in [6, 6.07) is 11.7. The van der Waals surface area contributed by atoms with Crippen LogP contribution in [0.5, 0.6) is 0 Å². The highest BCUT2D eigenvalue weighted by atomic mass is 16.2. The molecule has 2 amide bonds. The van der Waals surface area contributed by atoms with Crippen molar-refractivity contribution in [3.8, 4) is 0 Å². The molecule has 0 aliphatic carbocycles. The van der Waals surface area contributed by atoms with Crippen LogP contribution >= 0.6 is 0 Å². The van der Waals surface area contributed by atoms with Gasteiger partial charge in [-0.15, -0.1) is 0 Å². The second-order valence-electron chi connectivity index (χ2n) is 8.49. The first kappa shape index (κ1) is 19.6. The summed E-state index contributed by atoms with van der Waals surface area (Å²) in [6.45, 7) is 3.08. The number of hydrogen-bond donors (Lipinski definition) is 2. The molecule has 2 aromatic heterocycles. The first-order valence-electron chi connectivity index (χ1n) is 11.0. The first-order chi connectivity index (χ1) is 15.2. The van der Waals surface area contributed by atoms with Gasteiger partial charge >= 0.3 is 0 Å².